The summed E-state index contributed by atoms with van der Waals surface area (Å²) in [4.78, 5) is 25.2. The number of hydrazone groups is 1. The Balaban J connectivity index is 1.36. The van der Waals surface area contributed by atoms with E-state index in [9.17, 15) is 9.59 Å². The van der Waals surface area contributed by atoms with Crippen molar-refractivity contribution in [2.75, 3.05) is 12.4 Å². The highest BCUT2D eigenvalue weighted by Gasteiger charge is 2.16. The van der Waals surface area contributed by atoms with Crippen molar-refractivity contribution in [3.63, 3.8) is 0 Å². The molecule has 4 aromatic carbocycles. The molecule has 0 aliphatic carbocycles. The lowest BCUT2D eigenvalue weighted by molar-refractivity contribution is -0.117. The summed E-state index contributed by atoms with van der Waals surface area (Å²) in [7, 11) is 1.63. The molecule has 0 saturated carbocycles. The van der Waals surface area contributed by atoms with Crippen LogP contribution in [0.25, 0.3) is 10.8 Å². The number of fused-ring (bicyclic) bond motifs is 1. The quantitative estimate of drug-likeness (QED) is 0.211. The van der Waals surface area contributed by atoms with Crippen molar-refractivity contribution in [2.45, 2.75) is 12.8 Å². The third-order valence-corrected chi connectivity index (χ3v) is 6.27. The Kier molecular flexibility index (Phi) is 7.88. The molecule has 0 aliphatic rings. The van der Waals surface area contributed by atoms with Crippen LogP contribution < -0.4 is 15.5 Å². The number of nitrogens with zero attached hydrogens (tertiary/aromatic N) is 1. The van der Waals surface area contributed by atoms with Crippen LogP contribution in [0.15, 0.2) is 84.0 Å². The molecule has 0 heterocycles. The minimum Gasteiger partial charge on any atom is -0.497 e. The Labute approximate surface area is 218 Å². The van der Waals surface area contributed by atoms with E-state index in [-0.39, 0.29) is 11.8 Å². The van der Waals surface area contributed by atoms with Gasteiger partial charge >= 0.3 is 0 Å². The lowest BCUT2D eigenvalue weighted by atomic mass is 9.97. The van der Waals surface area contributed by atoms with Gasteiger partial charge in [0.1, 0.15) is 5.75 Å². The van der Waals surface area contributed by atoms with Crippen LogP contribution in [-0.4, -0.2) is 25.1 Å². The molecule has 0 aromatic heterocycles. The molecule has 0 saturated heterocycles. The normalized spacial score (nSPS) is 11.9. The molecule has 6 nitrogen and oxygen atoms in total. The van der Waals surface area contributed by atoms with Gasteiger partial charge in [-0.05, 0) is 71.8 Å². The third kappa shape index (κ3) is 6.03. The third-order valence-electron chi connectivity index (χ3n) is 5.71. The number of halogens is 2. The van der Waals surface area contributed by atoms with Crippen LogP contribution in [0.2, 0.25) is 10.0 Å². The average molecular weight is 520 g/mol. The maximum Gasteiger partial charge on any atom is 0.271 e. The molecule has 0 aliphatic heterocycles. The lowest BCUT2D eigenvalue weighted by Crippen LogP contribution is -2.19. The van der Waals surface area contributed by atoms with E-state index in [1.54, 1.807) is 49.6 Å². The predicted molar refractivity (Wildman–Crippen MR) is 146 cm³/mol. The second-order valence-electron chi connectivity index (χ2n) is 8.13. The summed E-state index contributed by atoms with van der Waals surface area (Å²) in [6.45, 7) is 1.85. The van der Waals surface area contributed by atoms with Crippen LogP contribution in [0.3, 0.4) is 0 Å². The van der Waals surface area contributed by atoms with E-state index in [4.69, 9.17) is 27.9 Å². The summed E-state index contributed by atoms with van der Waals surface area (Å²) in [5, 5.41) is 9.86. The zero-order valence-electron chi connectivity index (χ0n) is 19.6. The number of ether oxygens (including phenoxy) is 1. The standard InChI is InChI=1S/C28H23Cl2N3O3/c1-17(19-3-4-21-14-25(36-2)12-8-20(21)13-19)27(34)32-24-10-6-18(7-11-24)28(35)33-31-16-22-5-9-23(29)15-26(22)30/h3-17H,1-2H3,(H,32,34)(H,33,35). The van der Waals surface area contributed by atoms with Crippen LogP contribution in [0.1, 0.15) is 34.3 Å². The number of rotatable bonds is 7. The Morgan fingerprint density at radius 1 is 0.917 bits per heavy atom. The molecule has 4 aromatic rings. The van der Waals surface area contributed by atoms with E-state index in [2.05, 4.69) is 15.8 Å². The van der Waals surface area contributed by atoms with E-state index >= 15 is 0 Å². The first-order chi connectivity index (χ1) is 17.3. The largest absolute Gasteiger partial charge is 0.497 e. The Hall–Kier alpha value is -3.87. The number of carbonyl (C=O) groups excluding carboxylic acids is 2. The fourth-order valence-electron chi connectivity index (χ4n) is 3.58. The second kappa shape index (κ2) is 11.2. The molecular weight excluding hydrogens is 497 g/mol. The fourth-order valence-corrected chi connectivity index (χ4v) is 4.03. The highest BCUT2D eigenvalue weighted by molar-refractivity contribution is 6.36. The van der Waals surface area contributed by atoms with Crippen molar-refractivity contribution in [3.8, 4) is 5.75 Å². The number of anilines is 1. The number of hydrogen-bond donors (Lipinski definition) is 2. The highest BCUT2D eigenvalue weighted by Crippen LogP contribution is 2.26. The molecule has 4 rings (SSSR count). The van der Waals surface area contributed by atoms with Gasteiger partial charge in [-0.3, -0.25) is 9.59 Å². The molecular formula is C28H23Cl2N3O3. The number of amides is 2. The van der Waals surface area contributed by atoms with Crippen LogP contribution in [0, 0.1) is 0 Å². The molecule has 2 amide bonds. The minimum atomic E-state index is -0.393. The zero-order chi connectivity index (χ0) is 25.7. The highest BCUT2D eigenvalue weighted by atomic mass is 35.5. The van der Waals surface area contributed by atoms with Crippen LogP contribution in [0.4, 0.5) is 5.69 Å². The lowest BCUT2D eigenvalue weighted by Gasteiger charge is -2.14. The molecule has 1 atom stereocenters. The van der Waals surface area contributed by atoms with Gasteiger partial charge in [-0.1, -0.05) is 53.5 Å². The fraction of sp³-hybridized carbons (Fsp3) is 0.107. The Morgan fingerprint density at radius 3 is 2.36 bits per heavy atom. The van der Waals surface area contributed by atoms with E-state index in [1.165, 1.54) is 6.21 Å². The van der Waals surface area contributed by atoms with E-state index < -0.39 is 5.91 Å². The number of methoxy groups -OCH3 is 1. The zero-order valence-corrected chi connectivity index (χ0v) is 21.1. The molecule has 182 valence electrons. The summed E-state index contributed by atoms with van der Waals surface area (Å²) >= 11 is 12.0. The van der Waals surface area contributed by atoms with Crippen molar-refractivity contribution < 1.29 is 14.3 Å². The molecule has 0 bridgehead atoms. The van der Waals surface area contributed by atoms with E-state index in [1.807, 2.05) is 43.3 Å². The molecule has 36 heavy (non-hydrogen) atoms. The first kappa shape index (κ1) is 25.2. The van der Waals surface area contributed by atoms with Gasteiger partial charge in [0.2, 0.25) is 5.91 Å². The summed E-state index contributed by atoms with van der Waals surface area (Å²) < 4.78 is 5.27. The number of hydrogen-bond acceptors (Lipinski definition) is 4. The van der Waals surface area contributed by atoms with Gasteiger partial charge in [0.25, 0.3) is 5.91 Å². The summed E-state index contributed by atoms with van der Waals surface area (Å²) in [6.07, 6.45) is 1.44. The van der Waals surface area contributed by atoms with Gasteiger partial charge in [-0.2, -0.15) is 5.10 Å². The average Bonchev–Trinajstić information content (AvgIpc) is 2.89. The molecule has 0 spiro atoms. The summed E-state index contributed by atoms with van der Waals surface area (Å²) in [5.41, 5.74) is 4.96. The number of nitrogens with one attached hydrogen (secondary N) is 2. The Morgan fingerprint density at radius 2 is 1.64 bits per heavy atom. The van der Waals surface area contributed by atoms with Crippen molar-refractivity contribution in [3.05, 3.63) is 106 Å². The van der Waals surface area contributed by atoms with E-state index in [0.717, 1.165) is 22.1 Å². The molecule has 2 N–H and O–H groups in total. The maximum absolute atomic E-state index is 12.8. The van der Waals surface area contributed by atoms with Gasteiger partial charge in [-0.15, -0.1) is 0 Å². The molecule has 8 heteroatoms. The van der Waals surface area contributed by atoms with Crippen LogP contribution >= 0.6 is 23.2 Å². The van der Waals surface area contributed by atoms with Crippen molar-refractivity contribution in [1.82, 2.24) is 5.43 Å². The van der Waals surface area contributed by atoms with Gasteiger partial charge in [0.15, 0.2) is 0 Å². The van der Waals surface area contributed by atoms with Crippen molar-refractivity contribution >= 4 is 57.7 Å². The van der Waals surface area contributed by atoms with E-state index in [0.29, 0.717) is 26.9 Å². The second-order valence-corrected chi connectivity index (χ2v) is 8.97. The van der Waals surface area contributed by atoms with Gasteiger partial charge in [0.05, 0.1) is 24.3 Å². The minimum absolute atomic E-state index is 0.149. The molecule has 0 radical (unpaired) electrons. The number of carbonyl (C=O) groups is 2. The summed E-state index contributed by atoms with van der Waals surface area (Å²) in [5.74, 6) is -0.121. The number of benzene rings is 4. The monoisotopic (exact) mass is 519 g/mol. The van der Waals surface area contributed by atoms with Crippen molar-refractivity contribution in [2.24, 2.45) is 5.10 Å². The maximum atomic E-state index is 12.8. The summed E-state index contributed by atoms with van der Waals surface area (Å²) in [6, 6.07) is 23.3. The molecule has 0 fully saturated rings. The van der Waals surface area contributed by atoms with Gasteiger partial charge < -0.3 is 10.1 Å². The van der Waals surface area contributed by atoms with Crippen molar-refractivity contribution in [1.29, 1.82) is 0 Å². The topological polar surface area (TPSA) is 79.8 Å². The first-order valence-electron chi connectivity index (χ1n) is 11.1. The smallest absolute Gasteiger partial charge is 0.271 e. The van der Waals surface area contributed by atoms with Gasteiger partial charge in [0, 0.05) is 21.8 Å². The first-order valence-corrected chi connectivity index (χ1v) is 11.9. The van der Waals surface area contributed by atoms with Crippen LogP contribution in [0.5, 0.6) is 5.75 Å². The SMILES string of the molecule is COc1ccc2cc(C(C)C(=O)Nc3ccc(C(=O)NN=Cc4ccc(Cl)cc4Cl)cc3)ccc2c1. The Bertz CT molecular complexity index is 1450. The predicted octanol–water partition coefficient (Wildman–Crippen LogP) is 6.66. The van der Waals surface area contributed by atoms with Crippen LogP contribution in [-0.2, 0) is 4.79 Å². The molecule has 1 unspecified atom stereocenters. The van der Waals surface area contributed by atoms with Gasteiger partial charge in [-0.25, -0.2) is 5.43 Å².